The highest BCUT2D eigenvalue weighted by Crippen LogP contribution is 2.25. The van der Waals surface area contributed by atoms with Gasteiger partial charge in [0.2, 0.25) is 0 Å². The zero-order valence-electron chi connectivity index (χ0n) is 17.1. The van der Waals surface area contributed by atoms with Crippen LogP contribution in [-0.4, -0.2) is 29.8 Å². The number of nitrogens with zero attached hydrogens (tertiary/aromatic N) is 1. The van der Waals surface area contributed by atoms with E-state index in [9.17, 15) is 9.59 Å². The first-order valence-electron chi connectivity index (χ1n) is 10.2. The van der Waals surface area contributed by atoms with Crippen LogP contribution in [0.3, 0.4) is 0 Å². The molecule has 0 unspecified atom stereocenters. The molecule has 0 bridgehead atoms. The third-order valence-corrected chi connectivity index (χ3v) is 5.69. The molecule has 4 nitrogen and oxygen atoms in total. The fourth-order valence-electron chi connectivity index (χ4n) is 3.82. The van der Waals surface area contributed by atoms with Gasteiger partial charge < -0.3 is 10.2 Å². The molecule has 0 radical (unpaired) electrons. The van der Waals surface area contributed by atoms with Crippen molar-refractivity contribution in [3.63, 3.8) is 0 Å². The van der Waals surface area contributed by atoms with E-state index in [2.05, 4.69) is 19.2 Å². The van der Waals surface area contributed by atoms with Crippen molar-refractivity contribution in [2.45, 2.75) is 57.9 Å². The largest absolute Gasteiger partial charge is 0.339 e. The molecule has 1 aliphatic rings. The van der Waals surface area contributed by atoms with Crippen LogP contribution < -0.4 is 5.32 Å². The Morgan fingerprint density at radius 2 is 1.61 bits per heavy atom. The van der Waals surface area contributed by atoms with E-state index in [1.54, 1.807) is 12.1 Å². The Labute approximate surface area is 167 Å². The van der Waals surface area contributed by atoms with Crippen LogP contribution in [-0.2, 0) is 0 Å². The summed E-state index contributed by atoms with van der Waals surface area (Å²) in [4.78, 5) is 27.6. The minimum Gasteiger partial charge on any atom is -0.339 e. The summed E-state index contributed by atoms with van der Waals surface area (Å²) in [6.45, 7) is 4.25. The number of benzene rings is 2. The number of hydrogen-bond acceptors (Lipinski definition) is 2. The lowest BCUT2D eigenvalue weighted by atomic mass is 9.94. The number of carbonyl (C=O) groups is 2. The van der Waals surface area contributed by atoms with Crippen LogP contribution in [0.5, 0.6) is 0 Å². The molecule has 0 aromatic heterocycles. The van der Waals surface area contributed by atoms with Crippen LogP contribution >= 0.6 is 0 Å². The molecule has 2 aromatic carbocycles. The third kappa shape index (κ3) is 4.61. The predicted octanol–water partition coefficient (Wildman–Crippen LogP) is 5.47. The zero-order valence-corrected chi connectivity index (χ0v) is 17.1. The summed E-state index contributed by atoms with van der Waals surface area (Å²) in [5.74, 6) is 0.194. The van der Waals surface area contributed by atoms with Gasteiger partial charge in [-0.25, -0.2) is 0 Å². The smallest absolute Gasteiger partial charge is 0.255 e. The van der Waals surface area contributed by atoms with Gasteiger partial charge in [-0.1, -0.05) is 57.4 Å². The number of carbonyl (C=O) groups excluding carboxylic acids is 2. The molecule has 4 heteroatoms. The van der Waals surface area contributed by atoms with Gasteiger partial charge in [0.25, 0.3) is 11.8 Å². The van der Waals surface area contributed by atoms with Crippen LogP contribution in [0.25, 0.3) is 0 Å². The molecule has 1 saturated carbocycles. The molecule has 0 atom stereocenters. The monoisotopic (exact) mass is 378 g/mol. The van der Waals surface area contributed by atoms with E-state index in [-0.39, 0.29) is 17.9 Å². The van der Waals surface area contributed by atoms with Gasteiger partial charge in [-0.05, 0) is 48.6 Å². The zero-order chi connectivity index (χ0) is 20.1. The Morgan fingerprint density at radius 3 is 2.25 bits per heavy atom. The average Bonchev–Trinajstić information content (AvgIpc) is 2.73. The van der Waals surface area contributed by atoms with Gasteiger partial charge in [0.1, 0.15) is 0 Å². The van der Waals surface area contributed by atoms with Gasteiger partial charge in [-0.15, -0.1) is 0 Å². The highest BCUT2D eigenvalue weighted by molar-refractivity contribution is 6.09. The van der Waals surface area contributed by atoms with E-state index in [0.717, 1.165) is 12.8 Å². The number of hydrogen-bond donors (Lipinski definition) is 1. The summed E-state index contributed by atoms with van der Waals surface area (Å²) in [6, 6.07) is 15.2. The molecule has 1 fully saturated rings. The van der Waals surface area contributed by atoms with Crippen LogP contribution in [0.1, 0.15) is 78.1 Å². The standard InChI is InChI=1S/C24H30N2O2/c1-17(2)18-13-15-19(16-14-18)23(27)25-22-12-8-7-11-21(22)24(28)26(3)20-9-5-4-6-10-20/h7-8,11-17,20H,4-6,9-10H2,1-3H3,(H,25,27). The number of nitrogens with one attached hydrogen (secondary N) is 1. The first-order chi connectivity index (χ1) is 13.5. The molecule has 0 spiro atoms. The number of anilines is 1. The van der Waals surface area contributed by atoms with E-state index in [1.807, 2.05) is 48.3 Å². The number of amides is 2. The molecule has 3 rings (SSSR count). The highest BCUT2D eigenvalue weighted by Gasteiger charge is 2.25. The van der Waals surface area contributed by atoms with Crippen molar-refractivity contribution < 1.29 is 9.59 Å². The van der Waals surface area contributed by atoms with Crippen molar-refractivity contribution >= 4 is 17.5 Å². The quantitative estimate of drug-likeness (QED) is 0.750. The predicted molar refractivity (Wildman–Crippen MR) is 114 cm³/mol. The normalized spacial score (nSPS) is 14.7. The lowest BCUT2D eigenvalue weighted by Crippen LogP contribution is -2.38. The van der Waals surface area contributed by atoms with E-state index in [4.69, 9.17) is 0 Å². The van der Waals surface area contributed by atoms with Gasteiger partial charge in [-0.3, -0.25) is 9.59 Å². The van der Waals surface area contributed by atoms with Crippen molar-refractivity contribution in [2.75, 3.05) is 12.4 Å². The molecule has 2 amide bonds. The third-order valence-electron chi connectivity index (χ3n) is 5.69. The van der Waals surface area contributed by atoms with Crippen molar-refractivity contribution in [3.05, 3.63) is 65.2 Å². The summed E-state index contributed by atoms with van der Waals surface area (Å²) >= 11 is 0. The summed E-state index contributed by atoms with van der Waals surface area (Å²) in [5.41, 5.74) is 2.89. The van der Waals surface area contributed by atoms with Gasteiger partial charge >= 0.3 is 0 Å². The SMILES string of the molecule is CC(C)c1ccc(C(=O)Nc2ccccc2C(=O)N(C)C2CCCCC2)cc1. The van der Waals surface area contributed by atoms with E-state index in [0.29, 0.717) is 22.7 Å². The lowest BCUT2D eigenvalue weighted by Gasteiger charge is -2.31. The van der Waals surface area contributed by atoms with Crippen molar-refractivity contribution in [3.8, 4) is 0 Å². The van der Waals surface area contributed by atoms with E-state index < -0.39 is 0 Å². The molecule has 0 aliphatic heterocycles. The van der Waals surface area contributed by atoms with Gasteiger partial charge in [0.15, 0.2) is 0 Å². The van der Waals surface area contributed by atoms with Crippen molar-refractivity contribution in [1.29, 1.82) is 0 Å². The molecule has 1 aliphatic carbocycles. The average molecular weight is 379 g/mol. The Bertz CT molecular complexity index is 821. The van der Waals surface area contributed by atoms with E-state index >= 15 is 0 Å². The second kappa shape index (κ2) is 9.05. The molecule has 0 saturated heterocycles. The molecule has 2 aromatic rings. The fraction of sp³-hybridized carbons (Fsp3) is 0.417. The van der Waals surface area contributed by atoms with Crippen molar-refractivity contribution in [1.82, 2.24) is 4.90 Å². The van der Waals surface area contributed by atoms with Crippen LogP contribution in [0.15, 0.2) is 48.5 Å². The topological polar surface area (TPSA) is 49.4 Å². The molecule has 148 valence electrons. The van der Waals surface area contributed by atoms with Gasteiger partial charge in [0.05, 0.1) is 11.3 Å². The maximum atomic E-state index is 13.1. The maximum Gasteiger partial charge on any atom is 0.255 e. The Hall–Kier alpha value is -2.62. The maximum absolute atomic E-state index is 13.1. The van der Waals surface area contributed by atoms with Crippen molar-refractivity contribution in [2.24, 2.45) is 0 Å². The fourth-order valence-corrected chi connectivity index (χ4v) is 3.82. The van der Waals surface area contributed by atoms with Gasteiger partial charge in [0, 0.05) is 18.7 Å². The second-order valence-corrected chi connectivity index (χ2v) is 7.98. The Balaban J connectivity index is 1.76. The summed E-state index contributed by atoms with van der Waals surface area (Å²) in [5, 5.41) is 2.93. The summed E-state index contributed by atoms with van der Waals surface area (Å²) in [6.07, 6.45) is 5.71. The molecule has 0 heterocycles. The number of para-hydroxylation sites is 1. The molecular formula is C24H30N2O2. The van der Waals surface area contributed by atoms with Gasteiger partial charge in [-0.2, -0.15) is 0 Å². The highest BCUT2D eigenvalue weighted by atomic mass is 16.2. The lowest BCUT2D eigenvalue weighted by molar-refractivity contribution is 0.0697. The first kappa shape index (κ1) is 20.1. The Kier molecular flexibility index (Phi) is 6.50. The Morgan fingerprint density at radius 1 is 0.964 bits per heavy atom. The molecule has 28 heavy (non-hydrogen) atoms. The first-order valence-corrected chi connectivity index (χ1v) is 10.2. The minimum atomic E-state index is -0.198. The second-order valence-electron chi connectivity index (χ2n) is 7.98. The summed E-state index contributed by atoms with van der Waals surface area (Å²) < 4.78 is 0. The number of rotatable bonds is 5. The summed E-state index contributed by atoms with van der Waals surface area (Å²) in [7, 11) is 1.88. The van der Waals surface area contributed by atoms with E-state index in [1.165, 1.54) is 24.8 Å². The van der Waals surface area contributed by atoms with Crippen LogP contribution in [0.2, 0.25) is 0 Å². The van der Waals surface area contributed by atoms with Crippen LogP contribution in [0, 0.1) is 0 Å². The minimum absolute atomic E-state index is 0.0297. The molecular weight excluding hydrogens is 348 g/mol. The molecule has 1 N–H and O–H groups in total. The van der Waals surface area contributed by atoms with Crippen LogP contribution in [0.4, 0.5) is 5.69 Å².